The van der Waals surface area contributed by atoms with Crippen LogP contribution in [0.5, 0.6) is 0 Å². The number of fused-ring (bicyclic) bond motifs is 1. The van der Waals surface area contributed by atoms with Crippen molar-refractivity contribution in [3.05, 3.63) is 28.6 Å². The number of carbonyl (C=O) groups is 2. The summed E-state index contributed by atoms with van der Waals surface area (Å²) < 4.78 is 5.30. The average molecular weight is 381 g/mol. The number of aromatic nitrogens is 2. The van der Waals surface area contributed by atoms with Crippen LogP contribution in [-0.2, 0) is 20.7 Å². The zero-order valence-corrected chi connectivity index (χ0v) is 15.7. The van der Waals surface area contributed by atoms with E-state index >= 15 is 0 Å². The minimum absolute atomic E-state index is 0.0222. The molecular weight excluding hydrogens is 358 g/mol. The summed E-state index contributed by atoms with van der Waals surface area (Å²) in [6.45, 7) is 3.92. The zero-order valence-electron chi connectivity index (χ0n) is 14.9. The number of ether oxygens (including phenoxy) is 1. The van der Waals surface area contributed by atoms with Gasteiger partial charge in [-0.05, 0) is 13.0 Å². The van der Waals surface area contributed by atoms with E-state index in [1.54, 1.807) is 20.2 Å². The Hall–Kier alpha value is -1.84. The first-order valence-electron chi connectivity index (χ1n) is 8.49. The van der Waals surface area contributed by atoms with Crippen LogP contribution in [0.15, 0.2) is 22.9 Å². The maximum atomic E-state index is 12.4. The first-order chi connectivity index (χ1) is 12.4. The molecule has 0 saturated carbocycles. The summed E-state index contributed by atoms with van der Waals surface area (Å²) in [5.74, 6) is -2.13. The highest BCUT2D eigenvalue weighted by molar-refractivity contribution is 8.03. The molecule has 5 unspecified atom stereocenters. The van der Waals surface area contributed by atoms with Gasteiger partial charge in [0.2, 0.25) is 5.91 Å². The number of hydrogen-bond acceptors (Lipinski definition) is 6. The van der Waals surface area contributed by atoms with Gasteiger partial charge in [0.1, 0.15) is 5.70 Å². The van der Waals surface area contributed by atoms with Gasteiger partial charge in [-0.1, -0.05) is 6.92 Å². The van der Waals surface area contributed by atoms with Gasteiger partial charge in [0, 0.05) is 41.5 Å². The van der Waals surface area contributed by atoms with Crippen LogP contribution >= 0.6 is 11.8 Å². The molecule has 3 rings (SSSR count). The summed E-state index contributed by atoms with van der Waals surface area (Å²) in [4.78, 5) is 26.2. The smallest absolute Gasteiger partial charge is 0.353 e. The quantitative estimate of drug-likeness (QED) is 0.572. The number of hydrogen-bond donors (Lipinski definition) is 3. The van der Waals surface area contributed by atoms with E-state index in [1.165, 1.54) is 16.7 Å². The van der Waals surface area contributed by atoms with Gasteiger partial charge in [-0.2, -0.15) is 5.10 Å². The number of carboxylic acid groups (broad SMARTS) is 1. The Morgan fingerprint density at radius 3 is 2.81 bits per heavy atom. The largest absolute Gasteiger partial charge is 0.477 e. The second-order valence-electron chi connectivity index (χ2n) is 6.75. The van der Waals surface area contributed by atoms with Crippen LogP contribution in [-0.4, -0.2) is 68.3 Å². The number of nitrogens with zero attached hydrogens (tertiary/aromatic N) is 2. The van der Waals surface area contributed by atoms with E-state index in [1.807, 2.05) is 13.0 Å². The molecule has 26 heavy (non-hydrogen) atoms. The van der Waals surface area contributed by atoms with Gasteiger partial charge in [0.05, 0.1) is 24.7 Å². The first kappa shape index (κ1) is 18.9. The van der Waals surface area contributed by atoms with Crippen LogP contribution in [0.1, 0.15) is 19.5 Å². The van der Waals surface area contributed by atoms with Crippen LogP contribution in [0.3, 0.4) is 0 Å². The van der Waals surface area contributed by atoms with E-state index in [0.29, 0.717) is 17.9 Å². The number of β-lactam (4-membered cyclic amide) rings is 1. The van der Waals surface area contributed by atoms with E-state index in [0.717, 1.165) is 5.69 Å². The van der Waals surface area contributed by atoms with Gasteiger partial charge in [0.15, 0.2) is 0 Å². The summed E-state index contributed by atoms with van der Waals surface area (Å²) in [6, 6.07) is 1.57. The van der Waals surface area contributed by atoms with E-state index in [-0.39, 0.29) is 28.8 Å². The summed E-state index contributed by atoms with van der Waals surface area (Å²) in [7, 11) is 1.60. The Morgan fingerprint density at radius 2 is 2.27 bits per heavy atom. The fraction of sp³-hybridized carbons (Fsp3) is 0.588. The lowest BCUT2D eigenvalue weighted by molar-refractivity contribution is -0.163. The molecule has 2 aliphatic rings. The highest BCUT2D eigenvalue weighted by Gasteiger charge is 2.60. The van der Waals surface area contributed by atoms with Crippen molar-refractivity contribution in [2.24, 2.45) is 11.8 Å². The number of H-pyrrole nitrogens is 1. The van der Waals surface area contributed by atoms with Crippen molar-refractivity contribution < 1.29 is 24.5 Å². The standard InChI is InChI=1S/C17H23N3O5S/c1-8-13-12(9(2)21)16(22)20(13)14(17(23)24)15(8)26-11(7-25-3)6-10-4-5-18-19-10/h4-5,8-9,11-13,21H,6-7H2,1-3H3,(H,18,19)(H,23,24). The SMILES string of the molecule is COCC(Cc1ccn[nH]1)SC1=C(C(=O)O)N2C(=O)C(C(C)O)C2C1C. The topological polar surface area (TPSA) is 116 Å². The lowest BCUT2D eigenvalue weighted by atomic mass is 9.79. The molecule has 1 fully saturated rings. The molecule has 1 aromatic rings. The number of amides is 1. The van der Waals surface area contributed by atoms with Crippen molar-refractivity contribution in [1.29, 1.82) is 0 Å². The highest BCUT2D eigenvalue weighted by atomic mass is 32.2. The number of nitrogens with one attached hydrogen (secondary N) is 1. The summed E-state index contributed by atoms with van der Waals surface area (Å²) in [5.41, 5.74) is 0.976. The number of carboxylic acids is 1. The molecule has 8 nitrogen and oxygen atoms in total. The molecule has 1 amide bonds. The van der Waals surface area contributed by atoms with Gasteiger partial charge in [-0.15, -0.1) is 11.8 Å². The molecule has 0 spiro atoms. The van der Waals surface area contributed by atoms with Crippen molar-refractivity contribution in [3.63, 3.8) is 0 Å². The predicted octanol–water partition coefficient (Wildman–Crippen LogP) is 0.854. The van der Waals surface area contributed by atoms with E-state index in [9.17, 15) is 19.8 Å². The molecule has 1 aromatic heterocycles. The number of methoxy groups -OCH3 is 1. The second-order valence-corrected chi connectivity index (χ2v) is 8.10. The van der Waals surface area contributed by atoms with E-state index in [2.05, 4.69) is 10.2 Å². The minimum atomic E-state index is -1.11. The lowest BCUT2D eigenvalue weighted by Gasteiger charge is -2.46. The normalized spacial score (nSPS) is 27.3. The molecule has 3 heterocycles. The molecule has 142 valence electrons. The van der Waals surface area contributed by atoms with E-state index < -0.39 is 18.0 Å². The Morgan fingerprint density at radius 1 is 1.54 bits per heavy atom. The van der Waals surface area contributed by atoms with Crippen molar-refractivity contribution in [1.82, 2.24) is 15.1 Å². The van der Waals surface area contributed by atoms with Crippen molar-refractivity contribution in [3.8, 4) is 0 Å². The lowest BCUT2D eigenvalue weighted by Crippen LogP contribution is -2.63. The van der Waals surface area contributed by atoms with Crippen LogP contribution in [0, 0.1) is 11.8 Å². The molecule has 0 radical (unpaired) electrons. The monoisotopic (exact) mass is 381 g/mol. The van der Waals surface area contributed by atoms with E-state index in [4.69, 9.17) is 4.74 Å². The number of aliphatic hydroxyl groups is 1. The van der Waals surface area contributed by atoms with Gasteiger partial charge < -0.3 is 19.8 Å². The second kappa shape index (κ2) is 7.42. The van der Waals surface area contributed by atoms with Gasteiger partial charge in [-0.3, -0.25) is 9.89 Å². The van der Waals surface area contributed by atoms with Gasteiger partial charge in [-0.25, -0.2) is 4.79 Å². The maximum Gasteiger partial charge on any atom is 0.353 e. The zero-order chi connectivity index (χ0) is 19.0. The Labute approximate surface area is 155 Å². The molecule has 0 bridgehead atoms. The third-order valence-corrected chi connectivity index (χ3v) is 6.42. The number of aliphatic hydroxyl groups excluding tert-OH is 1. The Bertz CT molecular complexity index is 718. The average Bonchev–Trinajstić information content (AvgIpc) is 3.14. The highest BCUT2D eigenvalue weighted by Crippen LogP contribution is 2.51. The summed E-state index contributed by atoms with van der Waals surface area (Å²) in [6.07, 6.45) is 1.51. The summed E-state index contributed by atoms with van der Waals surface area (Å²) >= 11 is 1.43. The maximum absolute atomic E-state index is 12.4. The number of rotatable bonds is 8. The number of aromatic amines is 1. The first-order valence-corrected chi connectivity index (χ1v) is 9.37. The Kier molecular flexibility index (Phi) is 5.40. The van der Waals surface area contributed by atoms with Crippen molar-refractivity contribution in [2.75, 3.05) is 13.7 Å². The van der Waals surface area contributed by atoms with Gasteiger partial charge >= 0.3 is 5.97 Å². The molecule has 1 saturated heterocycles. The Balaban J connectivity index is 1.86. The van der Waals surface area contributed by atoms with Crippen LogP contribution < -0.4 is 0 Å². The third-order valence-electron chi connectivity index (χ3n) is 4.96. The van der Waals surface area contributed by atoms with Crippen LogP contribution in [0.2, 0.25) is 0 Å². The molecule has 0 aliphatic carbocycles. The molecule has 5 atom stereocenters. The third kappa shape index (κ3) is 3.15. The molecule has 0 aromatic carbocycles. The molecule has 3 N–H and O–H groups in total. The number of thioether (sulfide) groups is 1. The fourth-order valence-electron chi connectivity index (χ4n) is 3.82. The molecule has 2 aliphatic heterocycles. The van der Waals surface area contributed by atoms with Crippen molar-refractivity contribution >= 4 is 23.6 Å². The molecule has 9 heteroatoms. The molecular formula is C17H23N3O5S. The number of carbonyl (C=O) groups excluding carboxylic acids is 1. The minimum Gasteiger partial charge on any atom is -0.477 e. The van der Waals surface area contributed by atoms with Gasteiger partial charge in [0.25, 0.3) is 0 Å². The van der Waals surface area contributed by atoms with Crippen LogP contribution in [0.4, 0.5) is 0 Å². The van der Waals surface area contributed by atoms with Crippen molar-refractivity contribution in [2.45, 2.75) is 37.7 Å². The predicted molar refractivity (Wildman–Crippen MR) is 95.2 cm³/mol. The van der Waals surface area contributed by atoms with Crippen LogP contribution in [0.25, 0.3) is 0 Å². The number of aliphatic carboxylic acids is 1. The fourth-order valence-corrected chi connectivity index (χ4v) is 5.30. The summed E-state index contributed by atoms with van der Waals surface area (Å²) in [5, 5.41) is 26.4.